The number of hydrogen-bond acceptors (Lipinski definition) is 4. The van der Waals surface area contributed by atoms with E-state index in [-0.39, 0.29) is 17.9 Å². The molecule has 1 fully saturated rings. The van der Waals surface area contributed by atoms with E-state index >= 15 is 0 Å². The molecule has 0 radical (unpaired) electrons. The van der Waals surface area contributed by atoms with E-state index < -0.39 is 0 Å². The van der Waals surface area contributed by atoms with Crippen LogP contribution >= 0.6 is 0 Å². The molecule has 1 saturated heterocycles. The number of benzene rings is 1. The highest BCUT2D eigenvalue weighted by Gasteiger charge is 2.33. The lowest BCUT2D eigenvalue weighted by molar-refractivity contribution is -0.137. The molecule has 0 spiro atoms. The van der Waals surface area contributed by atoms with Crippen LogP contribution in [-0.2, 0) is 22.4 Å². The molecule has 7 heteroatoms. The summed E-state index contributed by atoms with van der Waals surface area (Å²) in [4.78, 5) is 29.3. The van der Waals surface area contributed by atoms with Crippen molar-refractivity contribution >= 4 is 11.8 Å². The van der Waals surface area contributed by atoms with E-state index in [0.29, 0.717) is 26.1 Å². The number of aromatic amines is 1. The van der Waals surface area contributed by atoms with E-state index in [4.69, 9.17) is 0 Å². The van der Waals surface area contributed by atoms with E-state index in [1.807, 2.05) is 36.9 Å². The predicted octanol–water partition coefficient (Wildman–Crippen LogP) is 1.07. The number of aromatic nitrogens is 2. The van der Waals surface area contributed by atoms with Crippen molar-refractivity contribution in [2.45, 2.75) is 32.7 Å². The number of hydrogen-bond donors (Lipinski definition) is 2. The standard InChI is InChI=1S/C21H29N5O2/c1-15-18(16(2)24-23-15)13-20(27)26-12-11-25(19(14-26)21(28)22-3)10-9-17-7-5-4-6-8-17/h4-8,19H,9-14H2,1-3H3,(H,22,28)(H,23,24). The van der Waals surface area contributed by atoms with Gasteiger partial charge in [0.2, 0.25) is 11.8 Å². The van der Waals surface area contributed by atoms with Crippen LogP contribution in [0.25, 0.3) is 0 Å². The van der Waals surface area contributed by atoms with E-state index in [0.717, 1.165) is 29.9 Å². The van der Waals surface area contributed by atoms with E-state index in [1.54, 1.807) is 7.05 Å². The Morgan fingerprint density at radius 1 is 1.21 bits per heavy atom. The fraction of sp³-hybridized carbons (Fsp3) is 0.476. The first-order valence-corrected chi connectivity index (χ1v) is 9.77. The summed E-state index contributed by atoms with van der Waals surface area (Å²) >= 11 is 0. The van der Waals surface area contributed by atoms with Gasteiger partial charge < -0.3 is 10.2 Å². The van der Waals surface area contributed by atoms with Gasteiger partial charge in [0.05, 0.1) is 12.1 Å². The topological polar surface area (TPSA) is 81.3 Å². The van der Waals surface area contributed by atoms with Gasteiger partial charge in [0.25, 0.3) is 0 Å². The van der Waals surface area contributed by atoms with Crippen LogP contribution in [0, 0.1) is 13.8 Å². The Labute approximate surface area is 166 Å². The van der Waals surface area contributed by atoms with Crippen molar-refractivity contribution in [1.29, 1.82) is 0 Å². The summed E-state index contributed by atoms with van der Waals surface area (Å²) in [7, 11) is 1.65. The lowest BCUT2D eigenvalue weighted by Gasteiger charge is -2.40. The quantitative estimate of drug-likeness (QED) is 0.782. The summed E-state index contributed by atoms with van der Waals surface area (Å²) in [6, 6.07) is 9.95. The second-order valence-electron chi connectivity index (χ2n) is 7.33. The van der Waals surface area contributed by atoms with E-state index in [9.17, 15) is 9.59 Å². The molecule has 7 nitrogen and oxygen atoms in total. The Morgan fingerprint density at radius 2 is 1.96 bits per heavy atom. The van der Waals surface area contributed by atoms with Gasteiger partial charge in [-0.05, 0) is 25.8 Å². The number of rotatable bonds is 6. The maximum absolute atomic E-state index is 12.8. The summed E-state index contributed by atoms with van der Waals surface area (Å²) in [6.07, 6.45) is 1.20. The zero-order valence-corrected chi connectivity index (χ0v) is 16.9. The summed E-state index contributed by atoms with van der Waals surface area (Å²) in [6.45, 7) is 6.38. The van der Waals surface area contributed by atoms with Gasteiger partial charge in [-0.1, -0.05) is 30.3 Å². The largest absolute Gasteiger partial charge is 0.358 e. The predicted molar refractivity (Wildman–Crippen MR) is 108 cm³/mol. The second-order valence-corrected chi connectivity index (χ2v) is 7.33. The van der Waals surface area contributed by atoms with Crippen molar-refractivity contribution < 1.29 is 9.59 Å². The number of amides is 2. The Kier molecular flexibility index (Phi) is 6.46. The number of piperazine rings is 1. The Hall–Kier alpha value is -2.67. The summed E-state index contributed by atoms with van der Waals surface area (Å²) in [5, 5.41) is 9.85. The normalized spacial score (nSPS) is 17.5. The van der Waals surface area contributed by atoms with E-state index in [1.165, 1.54) is 5.56 Å². The molecule has 2 N–H and O–H groups in total. The first kappa shape index (κ1) is 20.1. The number of carbonyl (C=O) groups is 2. The van der Waals surface area contributed by atoms with Crippen molar-refractivity contribution in [2.24, 2.45) is 0 Å². The first-order valence-electron chi connectivity index (χ1n) is 9.77. The molecule has 1 aromatic carbocycles. The average molecular weight is 383 g/mol. The fourth-order valence-electron chi connectivity index (χ4n) is 3.74. The molecule has 0 saturated carbocycles. The van der Waals surface area contributed by atoms with Crippen LogP contribution in [0.2, 0.25) is 0 Å². The van der Waals surface area contributed by atoms with Crippen molar-refractivity contribution in [2.75, 3.05) is 33.2 Å². The van der Waals surface area contributed by atoms with Gasteiger partial charge in [-0.2, -0.15) is 5.10 Å². The second kappa shape index (κ2) is 9.01. The van der Waals surface area contributed by atoms with Gasteiger partial charge in [-0.15, -0.1) is 0 Å². The monoisotopic (exact) mass is 383 g/mol. The number of carbonyl (C=O) groups excluding carboxylic acids is 2. The Balaban J connectivity index is 1.64. The summed E-state index contributed by atoms with van der Waals surface area (Å²) < 4.78 is 0. The minimum absolute atomic E-state index is 0.0405. The van der Waals surface area contributed by atoms with Gasteiger partial charge in [0, 0.05) is 44.5 Å². The number of likely N-dealkylation sites (N-methyl/N-ethyl adjacent to an activating group) is 1. The van der Waals surface area contributed by atoms with Crippen LogP contribution in [0.1, 0.15) is 22.5 Å². The molecule has 1 aliphatic rings. The fourth-order valence-corrected chi connectivity index (χ4v) is 3.74. The highest BCUT2D eigenvalue weighted by molar-refractivity contribution is 5.84. The third-order valence-corrected chi connectivity index (χ3v) is 5.53. The SMILES string of the molecule is CNC(=O)C1CN(C(=O)Cc2c(C)n[nH]c2C)CCN1CCc1ccccc1. The number of aryl methyl sites for hydroxylation is 2. The maximum atomic E-state index is 12.8. The van der Waals surface area contributed by atoms with Crippen molar-refractivity contribution in [3.63, 3.8) is 0 Å². The molecule has 2 aromatic rings. The Bertz CT molecular complexity index is 798. The van der Waals surface area contributed by atoms with Crippen LogP contribution < -0.4 is 5.32 Å². The molecule has 150 valence electrons. The molecule has 3 rings (SSSR count). The third kappa shape index (κ3) is 4.59. The van der Waals surface area contributed by atoms with Gasteiger partial charge >= 0.3 is 0 Å². The van der Waals surface area contributed by atoms with Crippen molar-refractivity contribution in [3.05, 3.63) is 52.8 Å². The lowest BCUT2D eigenvalue weighted by Crippen LogP contribution is -2.60. The summed E-state index contributed by atoms with van der Waals surface area (Å²) in [5.41, 5.74) is 3.99. The molecule has 0 aliphatic carbocycles. The van der Waals surface area contributed by atoms with Crippen molar-refractivity contribution in [1.82, 2.24) is 25.3 Å². The van der Waals surface area contributed by atoms with Crippen LogP contribution in [0.5, 0.6) is 0 Å². The first-order chi connectivity index (χ1) is 13.5. The van der Waals surface area contributed by atoms with Crippen LogP contribution in [0.3, 0.4) is 0 Å². The van der Waals surface area contributed by atoms with Crippen molar-refractivity contribution in [3.8, 4) is 0 Å². The minimum atomic E-state index is -0.321. The Morgan fingerprint density at radius 3 is 2.61 bits per heavy atom. The number of nitrogens with one attached hydrogen (secondary N) is 2. The molecule has 2 amide bonds. The van der Waals surface area contributed by atoms with Gasteiger partial charge in [-0.25, -0.2) is 0 Å². The molecule has 1 aromatic heterocycles. The van der Waals surface area contributed by atoms with Crippen LogP contribution in [0.15, 0.2) is 30.3 Å². The van der Waals surface area contributed by atoms with Crippen LogP contribution in [-0.4, -0.2) is 71.1 Å². The molecular formula is C21H29N5O2. The summed E-state index contributed by atoms with van der Waals surface area (Å²) in [5.74, 6) is 0.00504. The highest BCUT2D eigenvalue weighted by Crippen LogP contribution is 2.16. The molecular weight excluding hydrogens is 354 g/mol. The number of H-pyrrole nitrogens is 1. The molecule has 1 unspecified atom stereocenters. The van der Waals surface area contributed by atoms with Gasteiger partial charge in [0.15, 0.2) is 0 Å². The lowest BCUT2D eigenvalue weighted by atomic mass is 10.1. The van der Waals surface area contributed by atoms with Gasteiger partial charge in [-0.3, -0.25) is 19.6 Å². The average Bonchev–Trinajstić information content (AvgIpc) is 3.04. The molecule has 1 atom stereocenters. The molecule has 1 aliphatic heterocycles. The zero-order valence-electron chi connectivity index (χ0n) is 16.9. The van der Waals surface area contributed by atoms with Gasteiger partial charge in [0.1, 0.15) is 6.04 Å². The number of nitrogens with zero attached hydrogens (tertiary/aromatic N) is 3. The maximum Gasteiger partial charge on any atom is 0.238 e. The van der Waals surface area contributed by atoms with E-state index in [2.05, 4.69) is 32.5 Å². The zero-order chi connectivity index (χ0) is 20.1. The van der Waals surface area contributed by atoms with Crippen LogP contribution in [0.4, 0.5) is 0 Å². The smallest absolute Gasteiger partial charge is 0.238 e. The molecule has 2 heterocycles. The third-order valence-electron chi connectivity index (χ3n) is 5.53. The minimum Gasteiger partial charge on any atom is -0.358 e. The molecule has 0 bridgehead atoms. The molecule has 28 heavy (non-hydrogen) atoms. The highest BCUT2D eigenvalue weighted by atomic mass is 16.2.